The number of sulfonamides is 1. The second-order valence-electron chi connectivity index (χ2n) is 4.30. The molecule has 0 amide bonds. The highest BCUT2D eigenvalue weighted by atomic mass is 32.2. The van der Waals surface area contributed by atoms with E-state index in [4.69, 9.17) is 0 Å². The number of nitrogens with zero attached hydrogens (tertiary/aromatic N) is 2. The molecule has 0 aliphatic heterocycles. The van der Waals surface area contributed by atoms with Gasteiger partial charge in [-0.1, -0.05) is 24.3 Å². The number of rotatable bonds is 4. The monoisotopic (exact) mass is 323 g/mol. The SMILES string of the molecule is O=S(=O)(NCc1ccccc1F)c1cccc2nsnc12. The molecule has 3 aromatic rings. The molecule has 3 rings (SSSR count). The Morgan fingerprint density at radius 2 is 1.90 bits per heavy atom. The summed E-state index contributed by atoms with van der Waals surface area (Å²) in [5, 5.41) is 0. The van der Waals surface area contributed by atoms with E-state index in [1.807, 2.05) is 0 Å². The van der Waals surface area contributed by atoms with Crippen molar-refractivity contribution >= 4 is 32.8 Å². The average molecular weight is 323 g/mol. The molecule has 0 aliphatic rings. The number of hydrogen-bond donors (Lipinski definition) is 1. The molecule has 21 heavy (non-hydrogen) atoms. The Kier molecular flexibility index (Phi) is 3.66. The summed E-state index contributed by atoms with van der Waals surface area (Å²) in [4.78, 5) is 0.0464. The van der Waals surface area contributed by atoms with Crippen molar-refractivity contribution < 1.29 is 12.8 Å². The van der Waals surface area contributed by atoms with Crippen LogP contribution in [0.25, 0.3) is 11.0 Å². The third kappa shape index (κ3) is 2.78. The van der Waals surface area contributed by atoms with Crippen LogP contribution in [-0.2, 0) is 16.6 Å². The van der Waals surface area contributed by atoms with Gasteiger partial charge in [0.25, 0.3) is 0 Å². The molecule has 0 bridgehead atoms. The number of benzene rings is 2. The molecule has 0 fully saturated rings. The van der Waals surface area contributed by atoms with Crippen molar-refractivity contribution in [2.75, 3.05) is 0 Å². The van der Waals surface area contributed by atoms with Crippen LogP contribution in [0.4, 0.5) is 4.39 Å². The van der Waals surface area contributed by atoms with Crippen LogP contribution in [0.2, 0.25) is 0 Å². The number of aromatic nitrogens is 2. The van der Waals surface area contributed by atoms with Gasteiger partial charge in [-0.25, -0.2) is 17.5 Å². The molecule has 1 heterocycles. The average Bonchev–Trinajstić information content (AvgIpc) is 2.94. The van der Waals surface area contributed by atoms with Gasteiger partial charge in [0.1, 0.15) is 21.7 Å². The van der Waals surface area contributed by atoms with Crippen molar-refractivity contribution in [3.05, 3.63) is 53.8 Å². The minimum Gasteiger partial charge on any atom is -0.207 e. The lowest BCUT2D eigenvalue weighted by Gasteiger charge is -2.07. The van der Waals surface area contributed by atoms with Crippen molar-refractivity contribution in [1.82, 2.24) is 13.5 Å². The Balaban J connectivity index is 1.91. The third-order valence-corrected chi connectivity index (χ3v) is 4.92. The maximum Gasteiger partial charge on any atom is 0.243 e. The van der Waals surface area contributed by atoms with Gasteiger partial charge in [0, 0.05) is 12.1 Å². The molecule has 0 saturated carbocycles. The molecule has 0 atom stereocenters. The molecule has 1 N–H and O–H groups in total. The largest absolute Gasteiger partial charge is 0.243 e. The van der Waals surface area contributed by atoms with Crippen molar-refractivity contribution in [2.45, 2.75) is 11.4 Å². The standard InChI is InChI=1S/C13H10FN3O2S2/c14-10-5-2-1-4-9(10)8-15-21(18,19)12-7-3-6-11-13(12)17-20-16-11/h1-7,15H,8H2. The second-order valence-corrected chi connectivity index (χ2v) is 6.57. The highest BCUT2D eigenvalue weighted by Crippen LogP contribution is 2.21. The predicted octanol–water partition coefficient (Wildman–Crippen LogP) is 2.31. The van der Waals surface area contributed by atoms with Gasteiger partial charge in [0.05, 0.1) is 11.7 Å². The predicted molar refractivity (Wildman–Crippen MR) is 77.8 cm³/mol. The van der Waals surface area contributed by atoms with Crippen molar-refractivity contribution in [2.24, 2.45) is 0 Å². The van der Waals surface area contributed by atoms with E-state index < -0.39 is 15.8 Å². The van der Waals surface area contributed by atoms with Crippen LogP contribution in [0.5, 0.6) is 0 Å². The quantitative estimate of drug-likeness (QED) is 0.800. The number of hydrogen-bond acceptors (Lipinski definition) is 5. The maximum atomic E-state index is 13.5. The summed E-state index contributed by atoms with van der Waals surface area (Å²) < 4.78 is 48.6. The van der Waals surface area contributed by atoms with Crippen LogP contribution in [0.1, 0.15) is 5.56 Å². The summed E-state index contributed by atoms with van der Waals surface area (Å²) in [6, 6.07) is 10.8. The van der Waals surface area contributed by atoms with Gasteiger partial charge in [-0.15, -0.1) is 0 Å². The second kappa shape index (κ2) is 5.47. The first kappa shape index (κ1) is 14.1. The normalized spacial score (nSPS) is 11.9. The highest BCUT2D eigenvalue weighted by Gasteiger charge is 2.19. The number of halogens is 1. The van der Waals surface area contributed by atoms with Crippen molar-refractivity contribution in [3.8, 4) is 0 Å². The van der Waals surface area contributed by atoms with E-state index in [2.05, 4.69) is 13.5 Å². The zero-order valence-electron chi connectivity index (χ0n) is 10.7. The van der Waals surface area contributed by atoms with Gasteiger partial charge >= 0.3 is 0 Å². The first-order chi connectivity index (χ1) is 10.1. The van der Waals surface area contributed by atoms with Crippen LogP contribution in [0.15, 0.2) is 47.4 Å². The molecule has 0 spiro atoms. The zero-order valence-corrected chi connectivity index (χ0v) is 12.3. The van der Waals surface area contributed by atoms with E-state index in [1.54, 1.807) is 24.3 Å². The van der Waals surface area contributed by atoms with Crippen LogP contribution in [-0.4, -0.2) is 17.2 Å². The van der Waals surface area contributed by atoms with E-state index in [0.29, 0.717) is 11.0 Å². The lowest BCUT2D eigenvalue weighted by Crippen LogP contribution is -2.24. The molecule has 8 heteroatoms. The highest BCUT2D eigenvalue weighted by molar-refractivity contribution is 7.89. The number of fused-ring (bicyclic) bond motifs is 1. The summed E-state index contributed by atoms with van der Waals surface area (Å²) in [6.07, 6.45) is 0. The smallest absolute Gasteiger partial charge is 0.207 e. The summed E-state index contributed by atoms with van der Waals surface area (Å²) in [5.74, 6) is -0.450. The number of nitrogens with one attached hydrogen (secondary N) is 1. The zero-order chi connectivity index (χ0) is 14.9. The van der Waals surface area contributed by atoms with Crippen molar-refractivity contribution in [1.29, 1.82) is 0 Å². The van der Waals surface area contributed by atoms with Gasteiger partial charge in [0.15, 0.2) is 0 Å². The molecule has 5 nitrogen and oxygen atoms in total. The van der Waals surface area contributed by atoms with Crippen LogP contribution in [0.3, 0.4) is 0 Å². The van der Waals surface area contributed by atoms with E-state index >= 15 is 0 Å². The fraction of sp³-hybridized carbons (Fsp3) is 0.0769. The van der Waals surface area contributed by atoms with Crippen LogP contribution >= 0.6 is 11.7 Å². The summed E-state index contributed by atoms with van der Waals surface area (Å²) in [6.45, 7) is -0.122. The fourth-order valence-electron chi connectivity index (χ4n) is 1.89. The molecular weight excluding hydrogens is 313 g/mol. The third-order valence-electron chi connectivity index (χ3n) is 2.95. The molecule has 108 valence electrons. The maximum absolute atomic E-state index is 13.5. The van der Waals surface area contributed by atoms with Gasteiger partial charge in [-0.05, 0) is 18.2 Å². The molecular formula is C13H10FN3O2S2. The Hall–Kier alpha value is -1.90. The lowest BCUT2D eigenvalue weighted by molar-refractivity contribution is 0.575. The summed E-state index contributed by atoms with van der Waals surface area (Å²) in [7, 11) is -3.78. The van der Waals surface area contributed by atoms with E-state index in [9.17, 15) is 12.8 Å². The van der Waals surface area contributed by atoms with Crippen molar-refractivity contribution in [3.63, 3.8) is 0 Å². The summed E-state index contributed by atoms with van der Waals surface area (Å²) >= 11 is 0.948. The van der Waals surface area contributed by atoms with Crippen LogP contribution < -0.4 is 4.72 Å². The van der Waals surface area contributed by atoms with Crippen LogP contribution in [0, 0.1) is 5.82 Å². The molecule has 0 aliphatic carbocycles. The van der Waals surface area contributed by atoms with E-state index in [-0.39, 0.29) is 17.0 Å². The Labute approximate surface area is 124 Å². The Morgan fingerprint density at radius 3 is 2.71 bits per heavy atom. The fourth-order valence-corrected chi connectivity index (χ4v) is 3.66. The summed E-state index contributed by atoms with van der Waals surface area (Å²) in [5.41, 5.74) is 1.13. The van der Waals surface area contributed by atoms with Gasteiger partial charge < -0.3 is 0 Å². The van der Waals surface area contributed by atoms with Gasteiger partial charge in [0.2, 0.25) is 10.0 Å². The molecule has 0 unspecified atom stereocenters. The molecule has 0 saturated heterocycles. The minimum absolute atomic E-state index is 0.0464. The minimum atomic E-state index is -3.78. The van der Waals surface area contributed by atoms with E-state index in [1.165, 1.54) is 18.2 Å². The first-order valence-electron chi connectivity index (χ1n) is 6.02. The molecule has 1 aromatic heterocycles. The molecule has 2 aromatic carbocycles. The first-order valence-corrected chi connectivity index (χ1v) is 8.23. The Morgan fingerprint density at radius 1 is 1.10 bits per heavy atom. The lowest BCUT2D eigenvalue weighted by atomic mass is 10.2. The van der Waals surface area contributed by atoms with Gasteiger partial charge in [-0.3, -0.25) is 0 Å². The van der Waals surface area contributed by atoms with E-state index in [0.717, 1.165) is 11.7 Å². The molecule has 0 radical (unpaired) electrons. The topological polar surface area (TPSA) is 72.0 Å². The Bertz CT molecular complexity index is 893. The van der Waals surface area contributed by atoms with Gasteiger partial charge in [-0.2, -0.15) is 8.75 Å².